The predicted octanol–water partition coefficient (Wildman–Crippen LogP) is 9.78. The Morgan fingerprint density at radius 1 is 0.529 bits per heavy atom. The lowest BCUT2D eigenvalue weighted by Gasteiger charge is -2.17. The van der Waals surface area contributed by atoms with Crippen molar-refractivity contribution in [1.82, 2.24) is 0 Å². The van der Waals surface area contributed by atoms with Crippen molar-refractivity contribution in [2.45, 2.75) is 180 Å². The lowest BCUT2D eigenvalue weighted by Crippen LogP contribution is -2.18. The number of ether oxygens (including phenoxy) is 1. The van der Waals surface area contributed by atoms with E-state index in [-0.39, 0.29) is 18.5 Å². The molecule has 0 aliphatic carbocycles. The van der Waals surface area contributed by atoms with Crippen LogP contribution in [0.5, 0.6) is 0 Å². The smallest absolute Gasteiger partial charge is 0.306 e. The fourth-order valence-electron chi connectivity index (χ4n) is 4.65. The zero-order chi connectivity index (χ0) is 25.1. The Morgan fingerprint density at radius 2 is 0.941 bits per heavy atom. The van der Waals surface area contributed by atoms with Crippen molar-refractivity contribution in [3.8, 4) is 0 Å². The molecule has 1 unspecified atom stereocenters. The summed E-state index contributed by atoms with van der Waals surface area (Å²) in [5.41, 5.74) is 0. The van der Waals surface area contributed by atoms with Gasteiger partial charge in [0.1, 0.15) is 6.10 Å². The molecule has 0 heterocycles. The Balaban J connectivity index is 3.45. The van der Waals surface area contributed by atoms with Gasteiger partial charge in [-0.3, -0.25) is 9.59 Å². The van der Waals surface area contributed by atoms with Crippen LogP contribution >= 0.6 is 0 Å². The molecule has 0 amide bonds. The van der Waals surface area contributed by atoms with E-state index in [4.69, 9.17) is 9.84 Å². The van der Waals surface area contributed by atoms with E-state index in [0.29, 0.717) is 12.8 Å². The zero-order valence-corrected chi connectivity index (χ0v) is 22.9. The van der Waals surface area contributed by atoms with Crippen LogP contribution in [0.2, 0.25) is 0 Å². The summed E-state index contributed by atoms with van der Waals surface area (Å²) in [5, 5.41) is 8.70. The van der Waals surface area contributed by atoms with Crippen LogP contribution < -0.4 is 0 Å². The molecule has 0 fully saturated rings. The first-order chi connectivity index (χ1) is 16.6. The number of aliphatic carboxylic acids is 1. The Kier molecular flexibility index (Phi) is 25.7. The van der Waals surface area contributed by atoms with Crippen molar-refractivity contribution < 1.29 is 19.4 Å². The third-order valence-corrected chi connectivity index (χ3v) is 6.81. The van der Waals surface area contributed by atoms with Crippen molar-refractivity contribution >= 4 is 11.9 Å². The molecule has 1 atom stereocenters. The van der Waals surface area contributed by atoms with Crippen LogP contribution in [0.3, 0.4) is 0 Å². The minimum atomic E-state index is -0.731. The largest absolute Gasteiger partial charge is 0.481 e. The fraction of sp³-hybridized carbons (Fsp3) is 0.933. The number of esters is 1. The third kappa shape index (κ3) is 25.6. The summed E-state index contributed by atoms with van der Waals surface area (Å²) in [6.45, 7) is 4.39. The van der Waals surface area contributed by atoms with Crippen LogP contribution in [0, 0.1) is 0 Å². The van der Waals surface area contributed by atoms with Crippen LogP contribution in [0.1, 0.15) is 174 Å². The van der Waals surface area contributed by atoms with Gasteiger partial charge in [-0.25, -0.2) is 0 Å². The monoisotopic (exact) mass is 482 g/mol. The van der Waals surface area contributed by atoms with Crippen molar-refractivity contribution in [2.75, 3.05) is 0 Å². The van der Waals surface area contributed by atoms with E-state index in [1.54, 1.807) is 0 Å². The van der Waals surface area contributed by atoms with Gasteiger partial charge < -0.3 is 9.84 Å². The molecule has 4 heteroatoms. The SMILES string of the molecule is CCCCCCCCCCCCCCCCCCCC(=O)OC(CCC)CCCCCC(=O)O. The number of hydrogen-bond acceptors (Lipinski definition) is 3. The van der Waals surface area contributed by atoms with Gasteiger partial charge in [0.05, 0.1) is 0 Å². The van der Waals surface area contributed by atoms with Crippen molar-refractivity contribution in [3.05, 3.63) is 0 Å². The molecule has 0 spiro atoms. The molecular weight excluding hydrogens is 424 g/mol. The summed E-state index contributed by atoms with van der Waals surface area (Å²) in [4.78, 5) is 22.7. The molecule has 0 aromatic carbocycles. The lowest BCUT2D eigenvalue weighted by molar-refractivity contribution is -0.150. The van der Waals surface area contributed by atoms with Crippen LogP contribution in [0.4, 0.5) is 0 Å². The lowest BCUT2D eigenvalue weighted by atomic mass is 10.0. The summed E-state index contributed by atoms with van der Waals surface area (Å²) in [6.07, 6.45) is 28.9. The Labute approximate surface area is 212 Å². The van der Waals surface area contributed by atoms with Crippen LogP contribution in [0.15, 0.2) is 0 Å². The first kappa shape index (κ1) is 32.9. The molecule has 1 N–H and O–H groups in total. The molecule has 0 radical (unpaired) electrons. The number of carboxylic acid groups (broad SMARTS) is 1. The quantitative estimate of drug-likeness (QED) is 0.0934. The molecule has 0 aliphatic rings. The van der Waals surface area contributed by atoms with Crippen LogP contribution in [-0.4, -0.2) is 23.1 Å². The number of rotatable bonds is 27. The summed E-state index contributed by atoms with van der Waals surface area (Å²) in [6, 6.07) is 0. The molecule has 0 aromatic rings. The standard InChI is InChI=1S/C30H58O4/c1-3-5-6-7-8-9-10-11-12-13-14-15-16-17-18-19-23-27-30(33)34-28(24-4-2)25-21-20-22-26-29(31)32/h28H,3-27H2,1-2H3,(H,31,32). The Morgan fingerprint density at radius 3 is 1.38 bits per heavy atom. The summed E-state index contributed by atoms with van der Waals surface area (Å²) in [7, 11) is 0. The molecule has 0 saturated carbocycles. The highest BCUT2D eigenvalue weighted by Crippen LogP contribution is 2.16. The minimum Gasteiger partial charge on any atom is -0.481 e. The fourth-order valence-corrected chi connectivity index (χ4v) is 4.65. The molecule has 0 saturated heterocycles. The highest BCUT2D eigenvalue weighted by Gasteiger charge is 2.13. The van der Waals surface area contributed by atoms with Crippen LogP contribution in [0.25, 0.3) is 0 Å². The maximum absolute atomic E-state index is 12.2. The Bertz CT molecular complexity index is 449. The number of carbonyl (C=O) groups excluding carboxylic acids is 1. The van der Waals surface area contributed by atoms with Crippen LogP contribution in [-0.2, 0) is 14.3 Å². The maximum atomic E-state index is 12.2. The topological polar surface area (TPSA) is 63.6 Å². The van der Waals surface area contributed by atoms with E-state index in [0.717, 1.165) is 44.9 Å². The number of carbonyl (C=O) groups is 2. The van der Waals surface area contributed by atoms with Gasteiger partial charge in [-0.15, -0.1) is 0 Å². The zero-order valence-electron chi connectivity index (χ0n) is 22.9. The highest BCUT2D eigenvalue weighted by atomic mass is 16.5. The van der Waals surface area contributed by atoms with E-state index in [1.165, 1.54) is 96.3 Å². The predicted molar refractivity (Wildman–Crippen MR) is 144 cm³/mol. The van der Waals surface area contributed by atoms with Gasteiger partial charge in [-0.05, 0) is 32.1 Å². The van der Waals surface area contributed by atoms with Gasteiger partial charge in [0, 0.05) is 12.8 Å². The molecule has 4 nitrogen and oxygen atoms in total. The van der Waals surface area contributed by atoms with Crippen molar-refractivity contribution in [1.29, 1.82) is 0 Å². The third-order valence-electron chi connectivity index (χ3n) is 6.81. The molecular formula is C30H58O4. The molecule has 202 valence electrons. The molecule has 0 rings (SSSR count). The number of unbranched alkanes of at least 4 members (excludes halogenated alkanes) is 18. The second-order valence-corrected chi connectivity index (χ2v) is 10.3. The number of carboxylic acids is 1. The highest BCUT2D eigenvalue weighted by molar-refractivity contribution is 5.69. The minimum absolute atomic E-state index is 0.00752. The Hall–Kier alpha value is -1.06. The van der Waals surface area contributed by atoms with E-state index in [2.05, 4.69) is 13.8 Å². The second kappa shape index (κ2) is 26.5. The van der Waals surface area contributed by atoms with E-state index in [9.17, 15) is 9.59 Å². The summed E-state index contributed by atoms with van der Waals surface area (Å²) >= 11 is 0. The first-order valence-corrected chi connectivity index (χ1v) is 15.0. The summed E-state index contributed by atoms with van der Waals surface area (Å²) in [5.74, 6) is -0.782. The average Bonchev–Trinajstić information content (AvgIpc) is 2.80. The molecule has 0 aromatic heterocycles. The van der Waals surface area contributed by atoms with Gasteiger partial charge in [0.2, 0.25) is 0 Å². The second-order valence-electron chi connectivity index (χ2n) is 10.3. The van der Waals surface area contributed by atoms with E-state index in [1.807, 2.05) is 0 Å². The molecule has 0 aliphatic heterocycles. The van der Waals surface area contributed by atoms with Crippen molar-refractivity contribution in [2.24, 2.45) is 0 Å². The molecule has 34 heavy (non-hydrogen) atoms. The van der Waals surface area contributed by atoms with Crippen molar-refractivity contribution in [3.63, 3.8) is 0 Å². The average molecular weight is 483 g/mol. The van der Waals surface area contributed by atoms with Gasteiger partial charge in [0.15, 0.2) is 0 Å². The number of hydrogen-bond donors (Lipinski definition) is 1. The molecule has 0 bridgehead atoms. The normalized spacial score (nSPS) is 12.1. The van der Waals surface area contributed by atoms with Gasteiger partial charge >= 0.3 is 11.9 Å². The summed E-state index contributed by atoms with van der Waals surface area (Å²) < 4.78 is 5.69. The maximum Gasteiger partial charge on any atom is 0.306 e. The van der Waals surface area contributed by atoms with Gasteiger partial charge in [-0.2, -0.15) is 0 Å². The van der Waals surface area contributed by atoms with Gasteiger partial charge in [-0.1, -0.05) is 129 Å². The van der Waals surface area contributed by atoms with E-state index < -0.39 is 5.97 Å². The van der Waals surface area contributed by atoms with Gasteiger partial charge in [0.25, 0.3) is 0 Å². The first-order valence-electron chi connectivity index (χ1n) is 15.0. The van der Waals surface area contributed by atoms with E-state index >= 15 is 0 Å².